The molecule has 1 aliphatic carbocycles. The molecule has 0 spiro atoms. The first-order valence-corrected chi connectivity index (χ1v) is 8.22. The third kappa shape index (κ3) is 3.34. The van der Waals surface area contributed by atoms with Gasteiger partial charge in [-0.1, -0.05) is 12.8 Å². The van der Waals surface area contributed by atoms with Gasteiger partial charge in [0.2, 0.25) is 0 Å². The van der Waals surface area contributed by atoms with Gasteiger partial charge < -0.3 is 5.32 Å². The van der Waals surface area contributed by atoms with Crippen LogP contribution in [-0.2, 0) is 12.8 Å². The lowest BCUT2D eigenvalue weighted by molar-refractivity contribution is 0.251. The molecular formula is C16H15FN4OS2. The number of pyridine rings is 1. The zero-order valence-electron chi connectivity index (χ0n) is 12.6. The summed E-state index contributed by atoms with van der Waals surface area (Å²) in [7, 11) is 0. The van der Waals surface area contributed by atoms with Gasteiger partial charge in [0.15, 0.2) is 5.11 Å². The van der Waals surface area contributed by atoms with Crippen molar-refractivity contribution >= 4 is 41.9 Å². The number of urea groups is 1. The number of rotatable bonds is 2. The first-order valence-electron chi connectivity index (χ1n) is 7.37. The summed E-state index contributed by atoms with van der Waals surface area (Å²) in [5, 5.41) is 5.61. The summed E-state index contributed by atoms with van der Waals surface area (Å²) in [6, 6.07) is 4.57. The Morgan fingerprint density at radius 2 is 1.96 bits per heavy atom. The summed E-state index contributed by atoms with van der Waals surface area (Å²) >= 11 is 8.84. The molecule has 24 heavy (non-hydrogen) atoms. The molecule has 0 aliphatic heterocycles. The van der Waals surface area contributed by atoms with E-state index in [0.29, 0.717) is 17.5 Å². The summed E-state index contributed by atoms with van der Waals surface area (Å²) in [6.45, 7) is 0. The number of aromatic nitrogens is 1. The minimum atomic E-state index is -0.542. The molecular weight excluding hydrogens is 347 g/mol. The second kappa shape index (κ2) is 7.14. The number of halogens is 1. The standard InChI is InChI=1S/C16H15FN4OS2/c17-13-8-12(9-4-6-18-7-5-9)14(11-3-1-2-10(11)13)19-16(23)20-15(22)21-24/h4-8,24H,1-3H2,(H3,19,20,21,22,23). The first-order chi connectivity index (χ1) is 11.6. The number of carbonyl (C=O) groups is 1. The molecule has 0 saturated carbocycles. The summed E-state index contributed by atoms with van der Waals surface area (Å²) in [5.74, 6) is -0.216. The van der Waals surface area contributed by atoms with Crippen LogP contribution < -0.4 is 15.4 Å². The van der Waals surface area contributed by atoms with Gasteiger partial charge in [0.05, 0.1) is 5.69 Å². The van der Waals surface area contributed by atoms with E-state index in [0.717, 1.165) is 29.7 Å². The number of thiol groups is 1. The Morgan fingerprint density at radius 3 is 2.67 bits per heavy atom. The Hall–Kier alpha value is -2.19. The molecule has 0 unspecified atom stereocenters. The van der Waals surface area contributed by atoms with Crippen molar-refractivity contribution in [2.45, 2.75) is 19.3 Å². The number of fused-ring (bicyclic) bond motifs is 1. The number of nitrogens with zero attached hydrogens (tertiary/aromatic N) is 1. The Labute approximate surface area is 149 Å². The molecule has 1 aromatic heterocycles. The Balaban J connectivity index is 2.04. The normalized spacial score (nSPS) is 12.4. The number of anilines is 1. The maximum Gasteiger partial charge on any atom is 0.330 e. The van der Waals surface area contributed by atoms with Crippen LogP contribution in [0.4, 0.5) is 14.9 Å². The van der Waals surface area contributed by atoms with Crippen molar-refractivity contribution in [3.05, 3.63) is 47.5 Å². The van der Waals surface area contributed by atoms with Crippen LogP contribution in [0.25, 0.3) is 11.1 Å². The molecule has 124 valence electrons. The fraction of sp³-hybridized carbons (Fsp3) is 0.188. The highest BCUT2D eigenvalue weighted by molar-refractivity contribution is 7.80. The van der Waals surface area contributed by atoms with E-state index in [2.05, 4.69) is 33.2 Å². The van der Waals surface area contributed by atoms with E-state index >= 15 is 0 Å². The molecule has 2 aromatic rings. The highest BCUT2D eigenvalue weighted by Gasteiger charge is 2.23. The number of hydrogen-bond donors (Lipinski definition) is 4. The maximum atomic E-state index is 14.5. The Kier molecular flexibility index (Phi) is 4.96. The van der Waals surface area contributed by atoms with E-state index < -0.39 is 6.03 Å². The topological polar surface area (TPSA) is 66.1 Å². The fourth-order valence-corrected chi connectivity index (χ4v) is 3.16. The fourth-order valence-electron chi connectivity index (χ4n) is 2.91. The average molecular weight is 362 g/mol. The van der Waals surface area contributed by atoms with E-state index in [4.69, 9.17) is 12.2 Å². The van der Waals surface area contributed by atoms with Gasteiger partial charge in [-0.05, 0) is 66.4 Å². The van der Waals surface area contributed by atoms with E-state index in [1.54, 1.807) is 24.5 Å². The lowest BCUT2D eigenvalue weighted by Crippen LogP contribution is -2.38. The smallest absolute Gasteiger partial charge is 0.330 e. The largest absolute Gasteiger partial charge is 0.332 e. The molecule has 0 bridgehead atoms. The van der Waals surface area contributed by atoms with E-state index in [9.17, 15) is 9.18 Å². The van der Waals surface area contributed by atoms with Crippen LogP contribution in [0.1, 0.15) is 17.5 Å². The van der Waals surface area contributed by atoms with Crippen LogP contribution in [0, 0.1) is 5.82 Å². The summed E-state index contributed by atoms with van der Waals surface area (Å²) < 4.78 is 16.6. The number of hydrogen-bond acceptors (Lipinski definition) is 4. The van der Waals surface area contributed by atoms with Crippen LogP contribution in [-0.4, -0.2) is 16.1 Å². The lowest BCUT2D eigenvalue weighted by Gasteiger charge is -2.18. The van der Waals surface area contributed by atoms with Crippen LogP contribution >= 0.6 is 25.0 Å². The number of amides is 2. The SMILES string of the molecule is O=C(NS)NC(=S)Nc1c(-c2ccncc2)cc(F)c2c1CCC2. The Morgan fingerprint density at radius 1 is 1.25 bits per heavy atom. The van der Waals surface area contributed by atoms with Crippen molar-refractivity contribution in [2.75, 3.05) is 5.32 Å². The lowest BCUT2D eigenvalue weighted by atomic mass is 9.97. The van der Waals surface area contributed by atoms with Crippen molar-refractivity contribution < 1.29 is 9.18 Å². The maximum absolute atomic E-state index is 14.5. The second-order valence-electron chi connectivity index (χ2n) is 5.35. The summed E-state index contributed by atoms with van der Waals surface area (Å²) in [4.78, 5) is 15.4. The van der Waals surface area contributed by atoms with Crippen molar-refractivity contribution in [3.63, 3.8) is 0 Å². The predicted octanol–water partition coefficient (Wildman–Crippen LogP) is 3.22. The van der Waals surface area contributed by atoms with Crippen molar-refractivity contribution in [1.29, 1.82) is 0 Å². The van der Waals surface area contributed by atoms with E-state index in [-0.39, 0.29) is 10.9 Å². The number of benzene rings is 1. The molecule has 1 aromatic carbocycles. The van der Waals surface area contributed by atoms with Crippen molar-refractivity contribution in [2.24, 2.45) is 0 Å². The molecule has 0 fully saturated rings. The van der Waals surface area contributed by atoms with Gasteiger partial charge >= 0.3 is 6.03 Å². The summed E-state index contributed by atoms with van der Waals surface area (Å²) in [6.07, 6.45) is 5.64. The van der Waals surface area contributed by atoms with Crippen LogP contribution in [0.15, 0.2) is 30.6 Å². The first kappa shape index (κ1) is 16.7. The molecule has 1 aliphatic rings. The van der Waals surface area contributed by atoms with Gasteiger partial charge in [0.25, 0.3) is 0 Å². The van der Waals surface area contributed by atoms with Gasteiger partial charge in [-0.25, -0.2) is 9.18 Å². The zero-order chi connectivity index (χ0) is 17.1. The van der Waals surface area contributed by atoms with Crippen molar-refractivity contribution in [1.82, 2.24) is 15.0 Å². The molecule has 3 rings (SSSR count). The van der Waals surface area contributed by atoms with Gasteiger partial charge in [-0.2, -0.15) is 0 Å². The van der Waals surface area contributed by atoms with Crippen LogP contribution in [0.3, 0.4) is 0 Å². The van der Waals surface area contributed by atoms with E-state index in [1.165, 1.54) is 6.07 Å². The highest BCUT2D eigenvalue weighted by Crippen LogP contribution is 2.39. The quantitative estimate of drug-likeness (QED) is 0.489. The van der Waals surface area contributed by atoms with Crippen molar-refractivity contribution in [3.8, 4) is 11.1 Å². The minimum Gasteiger partial charge on any atom is -0.332 e. The van der Waals surface area contributed by atoms with Crippen LogP contribution in [0.2, 0.25) is 0 Å². The minimum absolute atomic E-state index is 0.123. The molecule has 0 atom stereocenters. The van der Waals surface area contributed by atoms with Gasteiger partial charge in [-0.15, -0.1) is 0 Å². The molecule has 2 amide bonds. The van der Waals surface area contributed by atoms with Gasteiger partial charge in [-0.3, -0.25) is 15.0 Å². The highest BCUT2D eigenvalue weighted by atomic mass is 32.1. The van der Waals surface area contributed by atoms with E-state index in [1.807, 2.05) is 0 Å². The summed E-state index contributed by atoms with van der Waals surface area (Å²) in [5.41, 5.74) is 3.84. The zero-order valence-corrected chi connectivity index (χ0v) is 14.3. The third-order valence-corrected chi connectivity index (χ3v) is 4.31. The number of thiocarbonyl (C=S) groups is 1. The molecule has 3 N–H and O–H groups in total. The third-order valence-electron chi connectivity index (χ3n) is 3.91. The number of nitrogens with one attached hydrogen (secondary N) is 3. The van der Waals surface area contributed by atoms with Gasteiger partial charge in [0.1, 0.15) is 5.82 Å². The van der Waals surface area contributed by atoms with Gasteiger partial charge in [0, 0.05) is 18.0 Å². The molecule has 1 heterocycles. The predicted molar refractivity (Wildman–Crippen MR) is 98.5 cm³/mol. The molecule has 0 radical (unpaired) electrons. The number of carbonyl (C=O) groups excluding carboxylic acids is 1. The Bertz CT molecular complexity index is 798. The van der Waals surface area contributed by atoms with Crippen LogP contribution in [0.5, 0.6) is 0 Å². The molecule has 0 saturated heterocycles. The monoisotopic (exact) mass is 362 g/mol. The molecule has 5 nitrogen and oxygen atoms in total. The average Bonchev–Trinajstić information content (AvgIpc) is 3.08. The second-order valence-corrected chi connectivity index (χ2v) is 5.98. The molecule has 8 heteroatoms.